The van der Waals surface area contributed by atoms with E-state index in [0.717, 1.165) is 67.4 Å². The van der Waals surface area contributed by atoms with Gasteiger partial charge in [0, 0.05) is 43.9 Å². The van der Waals surface area contributed by atoms with Crippen LogP contribution in [0.4, 0.5) is 0 Å². The van der Waals surface area contributed by atoms with Crippen molar-refractivity contribution >= 4 is 62.7 Å². The summed E-state index contributed by atoms with van der Waals surface area (Å²) < 4.78 is 10.5. The van der Waals surface area contributed by atoms with Crippen molar-refractivity contribution in [3.05, 3.63) is 231 Å². The molecule has 5 aliphatic rings. The van der Waals surface area contributed by atoms with Gasteiger partial charge in [-0.05, 0) is 85.1 Å². The molecular weight excluding hydrogens is 808 g/mol. The fourth-order valence-electron chi connectivity index (χ4n) is 8.17. The molecule has 0 atom stereocenters. The molecule has 10 rings (SSSR count). The zero-order chi connectivity index (χ0) is 40.7. The van der Waals surface area contributed by atoms with Gasteiger partial charge in [-0.25, -0.2) is 20.0 Å². The second-order valence-electron chi connectivity index (χ2n) is 14.3. The Labute approximate surface area is 362 Å². The summed E-state index contributed by atoms with van der Waals surface area (Å²) >= 11 is 0. The van der Waals surface area contributed by atoms with Crippen LogP contribution in [-0.2, 0) is 26.5 Å². The predicted molar refractivity (Wildman–Crippen MR) is 236 cm³/mol. The number of ether oxygens (including phenoxy) is 2. The van der Waals surface area contributed by atoms with Gasteiger partial charge < -0.3 is 19.7 Å². The van der Waals surface area contributed by atoms with E-state index in [1.54, 1.807) is 12.1 Å². The zero-order valence-corrected chi connectivity index (χ0v) is 33.8. The molecule has 5 aromatic carbocycles. The molecule has 5 heterocycles. The van der Waals surface area contributed by atoms with Crippen molar-refractivity contribution in [1.29, 1.82) is 0 Å². The van der Waals surface area contributed by atoms with Crippen LogP contribution >= 0.6 is 0 Å². The molecule has 5 aliphatic heterocycles. The van der Waals surface area contributed by atoms with Crippen LogP contribution in [-0.4, -0.2) is 37.1 Å². The normalized spacial score (nSPS) is 17.1. The van der Waals surface area contributed by atoms with E-state index in [0.29, 0.717) is 33.9 Å². The fraction of sp³-hybridized carbons (Fsp3) is 0.0385. The molecule has 0 spiro atoms. The maximum atomic E-state index is 13.5. The average Bonchev–Trinajstić information content (AvgIpc) is 4.14. The minimum absolute atomic E-state index is 0. The largest absolute Gasteiger partial charge is 2.00 e. The fourth-order valence-corrected chi connectivity index (χ4v) is 8.17. The quantitative estimate of drug-likeness (QED) is 0.176. The third kappa shape index (κ3) is 6.86. The number of rotatable bonds is 6. The Morgan fingerprint density at radius 1 is 0.410 bits per heavy atom. The summed E-state index contributed by atoms with van der Waals surface area (Å²) in [7, 11) is 2.58. The van der Waals surface area contributed by atoms with E-state index in [2.05, 4.69) is 24.3 Å². The Balaban J connectivity index is 0.00000476. The summed E-state index contributed by atoms with van der Waals surface area (Å²) in [5.74, 6) is -1.36. The summed E-state index contributed by atoms with van der Waals surface area (Å²) in [6.45, 7) is 0. The summed E-state index contributed by atoms with van der Waals surface area (Å²) in [6, 6.07) is 43.6. The van der Waals surface area contributed by atoms with Crippen LogP contribution in [0.3, 0.4) is 0 Å². The molecule has 1 radical (unpaired) electrons. The molecule has 8 bridgehead atoms. The number of allylic oxidation sites excluding steroid dienone is 10. The second-order valence-corrected chi connectivity index (χ2v) is 14.3. The van der Waals surface area contributed by atoms with Crippen LogP contribution in [0.15, 0.2) is 207 Å². The third-order valence-electron chi connectivity index (χ3n) is 10.9. The van der Waals surface area contributed by atoms with Crippen molar-refractivity contribution in [3.8, 4) is 0 Å². The van der Waals surface area contributed by atoms with Crippen LogP contribution in [0.25, 0.3) is 39.9 Å². The number of hydrogen-bond donors (Lipinski definition) is 0. The number of aliphatic imine (C=N–C) groups is 4. The Morgan fingerprint density at radius 3 is 1.16 bits per heavy atom. The van der Waals surface area contributed by atoms with E-state index >= 15 is 0 Å². The Kier molecular flexibility index (Phi) is 10.4. The average molecular weight is 842 g/mol. The molecule has 0 amide bonds. The molecule has 0 aromatic heterocycles. The minimum Gasteiger partial charge on any atom is -0.616 e. The topological polar surface area (TPSA) is 114 Å². The van der Waals surface area contributed by atoms with Gasteiger partial charge in [0.1, 0.15) is 0 Å². The first-order valence-corrected chi connectivity index (χ1v) is 19.5. The standard InChI is InChI=1S/C52H36N4O4.Cu/c1-59-51(57)37-29-35-36(30-38(37)52(58)60-2)50-48(34-21-13-6-14-22-34)44-28-26-42(55-44)46(32-17-9-4-10-18-32)40-24-23-39(53-40)45(31-15-7-3-8-16-31)41-25-27-43(54-41)47(49(35)56-50)33-19-11-5-12-20-33;/h3-30,57-58H,1-2H3;/q;+2/p-2. The van der Waals surface area contributed by atoms with Crippen LogP contribution in [0.5, 0.6) is 0 Å². The molecule has 61 heavy (non-hydrogen) atoms. The molecule has 0 N–H and O–H groups in total. The number of methoxy groups -OCH3 is 2. The number of hydrogen-bond acceptors (Lipinski definition) is 8. The number of nitrogens with zero attached hydrogens (tertiary/aromatic N) is 4. The maximum Gasteiger partial charge on any atom is 2.00 e. The summed E-state index contributed by atoms with van der Waals surface area (Å²) in [5.41, 5.74) is 13.5. The Hall–Kier alpha value is -7.58. The van der Waals surface area contributed by atoms with Crippen molar-refractivity contribution < 1.29 is 36.8 Å². The van der Waals surface area contributed by atoms with E-state index in [9.17, 15) is 10.2 Å². The monoisotopic (exact) mass is 841 g/mol. The van der Waals surface area contributed by atoms with Gasteiger partial charge in [-0.1, -0.05) is 121 Å². The van der Waals surface area contributed by atoms with Gasteiger partial charge in [-0.2, -0.15) is 0 Å². The van der Waals surface area contributed by atoms with Gasteiger partial charge in [0.05, 0.1) is 57.5 Å². The summed E-state index contributed by atoms with van der Waals surface area (Å²) in [4.78, 5) is 21.6. The molecule has 5 aromatic rings. The van der Waals surface area contributed by atoms with Crippen molar-refractivity contribution in [2.45, 2.75) is 0 Å². The van der Waals surface area contributed by atoms with E-state index in [1.807, 2.05) is 134 Å². The number of fused-ring (bicyclic) bond motifs is 7. The molecule has 9 heteroatoms. The molecular formula is C52H34CuN4O4. The molecule has 0 saturated carbocycles. The van der Waals surface area contributed by atoms with Crippen LogP contribution < -0.4 is 20.7 Å². The van der Waals surface area contributed by atoms with E-state index in [-0.39, 0.29) is 27.5 Å². The predicted octanol–water partition coefficient (Wildman–Crippen LogP) is 6.78. The van der Waals surface area contributed by atoms with Gasteiger partial charge in [0.15, 0.2) is 0 Å². The van der Waals surface area contributed by atoms with Gasteiger partial charge in [-0.3, -0.25) is 0 Å². The molecule has 8 nitrogen and oxygen atoms in total. The number of benzene rings is 5. The molecule has 297 valence electrons. The molecule has 0 aliphatic carbocycles. The van der Waals surface area contributed by atoms with Gasteiger partial charge in [0.2, 0.25) is 0 Å². The first-order chi connectivity index (χ1) is 29.5. The second kappa shape index (κ2) is 16.2. The van der Waals surface area contributed by atoms with Crippen molar-refractivity contribution in [1.82, 2.24) is 0 Å². The van der Waals surface area contributed by atoms with E-state index in [4.69, 9.17) is 29.4 Å². The first-order valence-electron chi connectivity index (χ1n) is 19.5. The van der Waals surface area contributed by atoms with Crippen molar-refractivity contribution in [2.24, 2.45) is 20.0 Å². The minimum atomic E-state index is -0.679. The van der Waals surface area contributed by atoms with Crippen LogP contribution in [0.1, 0.15) is 33.4 Å². The zero-order valence-electron chi connectivity index (χ0n) is 32.9. The third-order valence-corrected chi connectivity index (χ3v) is 10.9. The summed E-state index contributed by atoms with van der Waals surface area (Å²) in [6.07, 6.45) is 12.1. The first kappa shape index (κ1) is 38.9. The summed E-state index contributed by atoms with van der Waals surface area (Å²) in [5, 5.41) is 27.1. The Bertz CT molecular complexity index is 3130. The molecule has 0 fully saturated rings. The van der Waals surface area contributed by atoms with Crippen molar-refractivity contribution in [3.63, 3.8) is 0 Å². The van der Waals surface area contributed by atoms with Crippen molar-refractivity contribution in [2.75, 3.05) is 14.2 Å². The SMILES string of the molecule is COC([O-])=c1cc2c(cc1=C([O-])OC)C1=C(c3ccccc3)C3=NC(=C(c4ccccc4)C4=NC(=C(c5ccccc5)C5=NC(=C(c6ccccc6)C2=N1)C=C5)C=C4)C=C3.[Cu+2]. The maximum absolute atomic E-state index is 13.5. The van der Waals surface area contributed by atoms with Gasteiger partial charge in [-0.15, -0.1) is 0 Å². The van der Waals surface area contributed by atoms with Crippen LogP contribution in [0.2, 0.25) is 0 Å². The van der Waals surface area contributed by atoms with Crippen LogP contribution in [0, 0.1) is 0 Å². The van der Waals surface area contributed by atoms with Gasteiger partial charge >= 0.3 is 17.1 Å². The van der Waals surface area contributed by atoms with E-state index in [1.165, 1.54) is 14.2 Å². The smallest absolute Gasteiger partial charge is 0.616 e. The van der Waals surface area contributed by atoms with Gasteiger partial charge in [0.25, 0.3) is 0 Å². The van der Waals surface area contributed by atoms with E-state index < -0.39 is 11.9 Å². The Morgan fingerprint density at radius 2 is 0.754 bits per heavy atom. The molecule has 0 unspecified atom stereocenters. The molecule has 0 saturated heterocycles.